The van der Waals surface area contributed by atoms with Crippen molar-refractivity contribution in [3.8, 4) is 0 Å². The van der Waals surface area contributed by atoms with Crippen molar-refractivity contribution < 1.29 is 22.7 Å². The Kier molecular flexibility index (Phi) is 4.30. The van der Waals surface area contributed by atoms with Gasteiger partial charge in [-0.3, -0.25) is 9.59 Å². The standard InChI is InChI=1S/C11H10F3NO3/c1-18-9(16)4-2-3-7-5-8(11(12,13)14)10(17)15-6-7/h2-3,5-6H,4H2,1H3,(H,15,17). The minimum absolute atomic E-state index is 0.0586. The number of ether oxygens (including phenoxy) is 1. The number of nitrogens with one attached hydrogen (secondary N) is 1. The maximum Gasteiger partial charge on any atom is 0.421 e. The lowest BCUT2D eigenvalue weighted by Crippen LogP contribution is -2.21. The number of esters is 1. The van der Waals surface area contributed by atoms with E-state index in [9.17, 15) is 22.8 Å². The van der Waals surface area contributed by atoms with Gasteiger partial charge in [0.1, 0.15) is 5.56 Å². The Bertz CT molecular complexity index is 517. The SMILES string of the molecule is COC(=O)CC=Cc1c[nH]c(=O)c(C(F)(F)F)c1. The van der Waals surface area contributed by atoms with Crippen molar-refractivity contribution in [1.82, 2.24) is 4.98 Å². The van der Waals surface area contributed by atoms with Gasteiger partial charge in [-0.05, 0) is 11.6 Å². The molecule has 0 saturated heterocycles. The number of aromatic nitrogens is 1. The van der Waals surface area contributed by atoms with Crippen LogP contribution in [0.4, 0.5) is 13.2 Å². The van der Waals surface area contributed by atoms with Crippen LogP contribution in [0.5, 0.6) is 0 Å². The molecule has 4 nitrogen and oxygen atoms in total. The van der Waals surface area contributed by atoms with Crippen LogP contribution < -0.4 is 5.56 Å². The molecule has 7 heteroatoms. The van der Waals surface area contributed by atoms with E-state index in [2.05, 4.69) is 4.74 Å². The molecule has 0 fully saturated rings. The summed E-state index contributed by atoms with van der Waals surface area (Å²) in [6.45, 7) is 0. The number of carbonyl (C=O) groups is 1. The molecule has 1 aromatic rings. The molecular formula is C11H10F3NO3. The van der Waals surface area contributed by atoms with Crippen LogP contribution >= 0.6 is 0 Å². The lowest BCUT2D eigenvalue weighted by Gasteiger charge is -2.05. The monoisotopic (exact) mass is 261 g/mol. The third-order valence-corrected chi connectivity index (χ3v) is 2.05. The van der Waals surface area contributed by atoms with Crippen LogP contribution in [-0.2, 0) is 15.7 Å². The highest BCUT2D eigenvalue weighted by Gasteiger charge is 2.33. The zero-order valence-corrected chi connectivity index (χ0v) is 9.38. The molecule has 0 amide bonds. The van der Waals surface area contributed by atoms with Gasteiger partial charge in [-0.1, -0.05) is 12.2 Å². The summed E-state index contributed by atoms with van der Waals surface area (Å²) in [5.41, 5.74) is -2.33. The third kappa shape index (κ3) is 3.76. The second kappa shape index (κ2) is 5.52. The summed E-state index contributed by atoms with van der Waals surface area (Å²) in [6, 6.07) is 0.715. The minimum atomic E-state index is -4.71. The van der Waals surface area contributed by atoms with E-state index in [0.29, 0.717) is 6.07 Å². The molecule has 0 aliphatic carbocycles. The van der Waals surface area contributed by atoms with Crippen molar-refractivity contribution in [3.63, 3.8) is 0 Å². The predicted octanol–water partition coefficient (Wildman–Crippen LogP) is 1.97. The van der Waals surface area contributed by atoms with Gasteiger partial charge < -0.3 is 9.72 Å². The van der Waals surface area contributed by atoms with E-state index in [1.165, 1.54) is 19.3 Å². The number of carbonyl (C=O) groups excluding carboxylic acids is 1. The van der Waals surface area contributed by atoms with Crippen molar-refractivity contribution in [3.05, 3.63) is 39.8 Å². The summed E-state index contributed by atoms with van der Waals surface area (Å²) in [6.07, 6.45) is -0.996. The number of H-pyrrole nitrogens is 1. The Morgan fingerprint density at radius 1 is 1.50 bits per heavy atom. The van der Waals surface area contributed by atoms with E-state index in [1.54, 1.807) is 0 Å². The van der Waals surface area contributed by atoms with Gasteiger partial charge in [-0.2, -0.15) is 13.2 Å². The smallest absolute Gasteiger partial charge is 0.421 e. The van der Waals surface area contributed by atoms with E-state index >= 15 is 0 Å². The summed E-state index contributed by atoms with van der Waals surface area (Å²) >= 11 is 0. The van der Waals surface area contributed by atoms with Crippen molar-refractivity contribution >= 4 is 12.0 Å². The van der Waals surface area contributed by atoms with Gasteiger partial charge in [-0.25, -0.2) is 0 Å². The number of aromatic amines is 1. The van der Waals surface area contributed by atoms with Gasteiger partial charge in [0.25, 0.3) is 5.56 Å². The quantitative estimate of drug-likeness (QED) is 0.846. The van der Waals surface area contributed by atoms with E-state index in [-0.39, 0.29) is 12.0 Å². The highest BCUT2D eigenvalue weighted by Crippen LogP contribution is 2.26. The fourth-order valence-corrected chi connectivity index (χ4v) is 1.18. The highest BCUT2D eigenvalue weighted by atomic mass is 19.4. The molecule has 0 aliphatic rings. The molecule has 1 rings (SSSR count). The topological polar surface area (TPSA) is 59.2 Å². The molecular weight excluding hydrogens is 251 g/mol. The maximum absolute atomic E-state index is 12.4. The normalized spacial score (nSPS) is 11.8. The molecule has 0 aromatic carbocycles. The van der Waals surface area contributed by atoms with Gasteiger partial charge in [-0.15, -0.1) is 0 Å². The van der Waals surface area contributed by atoms with Crippen molar-refractivity contribution in [2.45, 2.75) is 12.6 Å². The van der Waals surface area contributed by atoms with Crippen molar-refractivity contribution in [2.75, 3.05) is 7.11 Å². The number of alkyl halides is 3. The number of methoxy groups -OCH3 is 1. The van der Waals surface area contributed by atoms with Gasteiger partial charge >= 0.3 is 12.1 Å². The Balaban J connectivity index is 2.93. The van der Waals surface area contributed by atoms with Crippen LogP contribution in [0.1, 0.15) is 17.5 Å². The number of hydrogen-bond acceptors (Lipinski definition) is 3. The van der Waals surface area contributed by atoms with Crippen LogP contribution in [0.3, 0.4) is 0 Å². The maximum atomic E-state index is 12.4. The molecule has 1 N–H and O–H groups in total. The number of hydrogen-bond donors (Lipinski definition) is 1. The number of rotatable bonds is 3. The van der Waals surface area contributed by atoms with Gasteiger partial charge in [0.05, 0.1) is 13.5 Å². The molecule has 18 heavy (non-hydrogen) atoms. The fraction of sp³-hybridized carbons (Fsp3) is 0.273. The Labute approximate surface area is 100 Å². The largest absolute Gasteiger partial charge is 0.469 e. The molecule has 0 saturated carbocycles. The first kappa shape index (κ1) is 14.0. The second-order valence-corrected chi connectivity index (χ2v) is 3.36. The van der Waals surface area contributed by atoms with Crippen LogP contribution in [-0.4, -0.2) is 18.1 Å². The molecule has 0 spiro atoms. The third-order valence-electron chi connectivity index (χ3n) is 2.05. The zero-order valence-electron chi connectivity index (χ0n) is 9.38. The Morgan fingerprint density at radius 2 is 2.17 bits per heavy atom. The second-order valence-electron chi connectivity index (χ2n) is 3.36. The molecule has 1 heterocycles. The average molecular weight is 261 g/mol. The van der Waals surface area contributed by atoms with E-state index in [4.69, 9.17) is 0 Å². The lowest BCUT2D eigenvalue weighted by molar-refractivity contribution is -0.140. The first-order chi connectivity index (χ1) is 8.34. The van der Waals surface area contributed by atoms with Crippen LogP contribution in [0.2, 0.25) is 0 Å². The minimum Gasteiger partial charge on any atom is -0.469 e. The summed E-state index contributed by atoms with van der Waals surface area (Å²) in [5, 5.41) is 0. The lowest BCUT2D eigenvalue weighted by atomic mass is 10.2. The van der Waals surface area contributed by atoms with Crippen molar-refractivity contribution in [1.29, 1.82) is 0 Å². The summed E-state index contributed by atoms with van der Waals surface area (Å²) < 4.78 is 41.6. The van der Waals surface area contributed by atoms with Crippen LogP contribution in [0.15, 0.2) is 23.1 Å². The zero-order chi connectivity index (χ0) is 13.8. The first-order valence-electron chi connectivity index (χ1n) is 4.88. The Hall–Kier alpha value is -2.05. The summed E-state index contributed by atoms with van der Waals surface area (Å²) in [7, 11) is 1.21. The molecule has 1 aromatic heterocycles. The van der Waals surface area contributed by atoms with Gasteiger partial charge in [0, 0.05) is 6.20 Å². The van der Waals surface area contributed by atoms with Crippen LogP contribution in [0.25, 0.3) is 6.08 Å². The Morgan fingerprint density at radius 3 is 2.72 bits per heavy atom. The van der Waals surface area contributed by atoms with Gasteiger partial charge in [0.15, 0.2) is 0 Å². The molecule has 0 radical (unpaired) electrons. The number of halogens is 3. The molecule has 0 unspecified atom stereocenters. The molecule has 98 valence electrons. The molecule has 0 bridgehead atoms. The number of pyridine rings is 1. The summed E-state index contributed by atoms with van der Waals surface area (Å²) in [4.78, 5) is 23.7. The first-order valence-corrected chi connectivity index (χ1v) is 4.88. The van der Waals surface area contributed by atoms with E-state index < -0.39 is 23.3 Å². The predicted molar refractivity (Wildman–Crippen MR) is 57.7 cm³/mol. The van der Waals surface area contributed by atoms with Crippen molar-refractivity contribution in [2.24, 2.45) is 0 Å². The van der Waals surface area contributed by atoms with E-state index in [1.807, 2.05) is 4.98 Å². The van der Waals surface area contributed by atoms with E-state index in [0.717, 1.165) is 6.20 Å². The highest BCUT2D eigenvalue weighted by molar-refractivity contribution is 5.72. The van der Waals surface area contributed by atoms with Gasteiger partial charge in [0.2, 0.25) is 0 Å². The fourth-order valence-electron chi connectivity index (χ4n) is 1.18. The molecule has 0 aliphatic heterocycles. The van der Waals surface area contributed by atoms with Crippen LogP contribution in [0, 0.1) is 0 Å². The average Bonchev–Trinajstić information content (AvgIpc) is 2.29. The molecule has 0 atom stereocenters. The summed E-state index contributed by atoms with van der Waals surface area (Å²) in [5.74, 6) is -0.508.